The lowest BCUT2D eigenvalue weighted by Crippen LogP contribution is -2.04. The Bertz CT molecular complexity index is 423. The fourth-order valence-corrected chi connectivity index (χ4v) is 1.44. The molecule has 0 aliphatic heterocycles. The highest BCUT2D eigenvalue weighted by Crippen LogP contribution is 2.18. The van der Waals surface area contributed by atoms with Gasteiger partial charge in [0, 0.05) is 5.69 Å². The van der Waals surface area contributed by atoms with E-state index in [0.29, 0.717) is 12.1 Å². The third-order valence-corrected chi connectivity index (χ3v) is 2.29. The van der Waals surface area contributed by atoms with Crippen LogP contribution in [0.1, 0.15) is 17.5 Å². The van der Waals surface area contributed by atoms with E-state index in [1.165, 1.54) is 0 Å². The zero-order valence-corrected chi connectivity index (χ0v) is 8.70. The van der Waals surface area contributed by atoms with Gasteiger partial charge in [0.15, 0.2) is 0 Å². The number of rotatable bonds is 3. The zero-order chi connectivity index (χ0) is 11.3. The second-order valence-electron chi connectivity index (χ2n) is 3.59. The van der Waals surface area contributed by atoms with Crippen molar-refractivity contribution in [1.82, 2.24) is 0 Å². The third kappa shape index (κ3) is 3.00. The van der Waals surface area contributed by atoms with E-state index in [0.717, 1.165) is 11.1 Å². The smallest absolute Gasteiger partial charge is 0.0670 e. The van der Waals surface area contributed by atoms with E-state index in [1.807, 2.05) is 31.2 Å². The molecular formula is C12H13N3. The van der Waals surface area contributed by atoms with Crippen molar-refractivity contribution in [3.05, 3.63) is 29.3 Å². The van der Waals surface area contributed by atoms with Gasteiger partial charge >= 0.3 is 0 Å². The SMILES string of the molecule is Cc1ccc(CC(C#N)CC#N)c(N)c1. The fourth-order valence-electron chi connectivity index (χ4n) is 1.44. The van der Waals surface area contributed by atoms with Gasteiger partial charge < -0.3 is 5.73 Å². The van der Waals surface area contributed by atoms with E-state index in [1.54, 1.807) is 0 Å². The molecule has 3 nitrogen and oxygen atoms in total. The van der Waals surface area contributed by atoms with Gasteiger partial charge in [0.2, 0.25) is 0 Å². The van der Waals surface area contributed by atoms with Crippen LogP contribution in [0.4, 0.5) is 5.69 Å². The average molecular weight is 199 g/mol. The maximum Gasteiger partial charge on any atom is 0.0670 e. The summed E-state index contributed by atoms with van der Waals surface area (Å²) in [5.41, 5.74) is 8.58. The highest BCUT2D eigenvalue weighted by molar-refractivity contribution is 5.49. The minimum atomic E-state index is -0.264. The summed E-state index contributed by atoms with van der Waals surface area (Å²) in [7, 11) is 0. The van der Waals surface area contributed by atoms with Gasteiger partial charge in [0.05, 0.1) is 24.5 Å². The van der Waals surface area contributed by atoms with Crippen molar-refractivity contribution < 1.29 is 0 Å². The van der Waals surface area contributed by atoms with Gasteiger partial charge in [-0.25, -0.2) is 0 Å². The molecule has 0 radical (unpaired) electrons. The first-order valence-corrected chi connectivity index (χ1v) is 4.79. The van der Waals surface area contributed by atoms with Crippen LogP contribution in [0.15, 0.2) is 18.2 Å². The molecule has 0 aliphatic rings. The molecule has 0 spiro atoms. The average Bonchev–Trinajstić information content (AvgIpc) is 2.21. The summed E-state index contributed by atoms with van der Waals surface area (Å²) in [5.74, 6) is -0.264. The minimum Gasteiger partial charge on any atom is -0.398 e. The van der Waals surface area contributed by atoms with Crippen LogP contribution in [0.25, 0.3) is 0 Å². The van der Waals surface area contributed by atoms with Crippen LogP contribution in [0.2, 0.25) is 0 Å². The molecular weight excluding hydrogens is 186 g/mol. The molecule has 3 heteroatoms. The number of hydrogen-bond acceptors (Lipinski definition) is 3. The van der Waals surface area contributed by atoms with Crippen LogP contribution in [-0.4, -0.2) is 0 Å². The Balaban J connectivity index is 2.81. The first-order chi connectivity index (χ1) is 7.17. The highest BCUT2D eigenvalue weighted by atomic mass is 14.6. The summed E-state index contributed by atoms with van der Waals surface area (Å²) in [5, 5.41) is 17.3. The number of nitrogens with two attached hydrogens (primary N) is 1. The summed E-state index contributed by atoms with van der Waals surface area (Å²) >= 11 is 0. The predicted molar refractivity (Wildman–Crippen MR) is 58.6 cm³/mol. The molecule has 15 heavy (non-hydrogen) atoms. The second kappa shape index (κ2) is 5.02. The number of benzene rings is 1. The summed E-state index contributed by atoms with van der Waals surface area (Å²) in [6, 6.07) is 9.89. The standard InChI is InChI=1S/C12H13N3/c1-9-2-3-11(12(15)6-9)7-10(8-14)4-5-13/h2-3,6,10H,4,7,15H2,1H3. The van der Waals surface area contributed by atoms with Crippen molar-refractivity contribution >= 4 is 5.69 Å². The summed E-state index contributed by atoms with van der Waals surface area (Å²) in [6.45, 7) is 1.97. The van der Waals surface area contributed by atoms with Gasteiger partial charge in [-0.2, -0.15) is 10.5 Å². The van der Waals surface area contributed by atoms with Crippen molar-refractivity contribution in [2.45, 2.75) is 19.8 Å². The van der Waals surface area contributed by atoms with Crippen LogP contribution < -0.4 is 5.73 Å². The number of nitriles is 2. The maximum absolute atomic E-state index is 8.82. The topological polar surface area (TPSA) is 73.6 Å². The Kier molecular flexibility index (Phi) is 3.71. The quantitative estimate of drug-likeness (QED) is 0.758. The molecule has 1 aromatic carbocycles. The molecule has 2 N–H and O–H groups in total. The predicted octanol–water partition coefficient (Wildman–Crippen LogP) is 2.17. The number of hydrogen-bond donors (Lipinski definition) is 1. The number of aryl methyl sites for hydroxylation is 1. The third-order valence-electron chi connectivity index (χ3n) is 2.29. The molecule has 0 saturated carbocycles. The number of anilines is 1. The summed E-state index contributed by atoms with van der Waals surface area (Å²) in [6.07, 6.45) is 0.806. The summed E-state index contributed by atoms with van der Waals surface area (Å²) < 4.78 is 0. The number of nitrogen functional groups attached to an aromatic ring is 1. The van der Waals surface area contributed by atoms with E-state index in [-0.39, 0.29) is 12.3 Å². The Morgan fingerprint density at radius 3 is 2.67 bits per heavy atom. The van der Waals surface area contributed by atoms with E-state index in [9.17, 15) is 0 Å². The molecule has 76 valence electrons. The largest absolute Gasteiger partial charge is 0.398 e. The molecule has 0 aromatic heterocycles. The van der Waals surface area contributed by atoms with E-state index >= 15 is 0 Å². The van der Waals surface area contributed by atoms with Gasteiger partial charge in [0.25, 0.3) is 0 Å². The Morgan fingerprint density at radius 1 is 1.40 bits per heavy atom. The Labute approximate surface area is 89.7 Å². The van der Waals surface area contributed by atoms with Gasteiger partial charge in [-0.15, -0.1) is 0 Å². The molecule has 1 aromatic rings. The molecule has 0 aliphatic carbocycles. The first kappa shape index (κ1) is 11.1. The molecule has 0 fully saturated rings. The molecule has 0 amide bonds. The normalized spacial score (nSPS) is 11.4. The van der Waals surface area contributed by atoms with Crippen molar-refractivity contribution in [2.75, 3.05) is 5.73 Å². The lowest BCUT2D eigenvalue weighted by atomic mass is 9.96. The Morgan fingerprint density at radius 2 is 2.13 bits per heavy atom. The lowest BCUT2D eigenvalue weighted by molar-refractivity contribution is 0.681. The molecule has 0 saturated heterocycles. The van der Waals surface area contributed by atoms with Crippen LogP contribution in [0.5, 0.6) is 0 Å². The van der Waals surface area contributed by atoms with Crippen LogP contribution >= 0.6 is 0 Å². The van der Waals surface area contributed by atoms with E-state index < -0.39 is 0 Å². The van der Waals surface area contributed by atoms with E-state index in [4.69, 9.17) is 16.3 Å². The highest BCUT2D eigenvalue weighted by Gasteiger charge is 2.10. The van der Waals surface area contributed by atoms with Crippen LogP contribution in [0, 0.1) is 35.5 Å². The monoisotopic (exact) mass is 199 g/mol. The van der Waals surface area contributed by atoms with Crippen molar-refractivity contribution in [1.29, 1.82) is 10.5 Å². The van der Waals surface area contributed by atoms with Gasteiger partial charge in [0.1, 0.15) is 0 Å². The minimum absolute atomic E-state index is 0.254. The zero-order valence-electron chi connectivity index (χ0n) is 8.70. The molecule has 0 heterocycles. The fraction of sp³-hybridized carbons (Fsp3) is 0.333. The maximum atomic E-state index is 8.82. The van der Waals surface area contributed by atoms with Gasteiger partial charge in [-0.3, -0.25) is 0 Å². The Hall–Kier alpha value is -2.00. The van der Waals surface area contributed by atoms with Crippen LogP contribution in [-0.2, 0) is 6.42 Å². The summed E-state index contributed by atoms with van der Waals surface area (Å²) in [4.78, 5) is 0. The van der Waals surface area contributed by atoms with Crippen molar-refractivity contribution in [3.8, 4) is 12.1 Å². The van der Waals surface area contributed by atoms with E-state index in [2.05, 4.69) is 6.07 Å². The van der Waals surface area contributed by atoms with Gasteiger partial charge in [-0.05, 0) is 30.5 Å². The lowest BCUT2D eigenvalue weighted by Gasteiger charge is -2.08. The first-order valence-electron chi connectivity index (χ1n) is 4.79. The van der Waals surface area contributed by atoms with Crippen molar-refractivity contribution in [2.24, 2.45) is 5.92 Å². The number of nitrogens with zero attached hydrogens (tertiary/aromatic N) is 2. The van der Waals surface area contributed by atoms with Crippen LogP contribution in [0.3, 0.4) is 0 Å². The van der Waals surface area contributed by atoms with Gasteiger partial charge in [-0.1, -0.05) is 12.1 Å². The molecule has 1 atom stereocenters. The molecule has 1 rings (SSSR count). The molecule has 1 unspecified atom stereocenters. The molecule has 0 bridgehead atoms. The van der Waals surface area contributed by atoms with Crippen molar-refractivity contribution in [3.63, 3.8) is 0 Å². The second-order valence-corrected chi connectivity index (χ2v) is 3.59.